The monoisotopic (exact) mass is 378 g/mol. The summed E-state index contributed by atoms with van der Waals surface area (Å²) in [6.45, 7) is 6.72. The minimum absolute atomic E-state index is 0.0548. The molecule has 2 aromatic carbocycles. The maximum Gasteiger partial charge on any atom is 0.262 e. The summed E-state index contributed by atoms with van der Waals surface area (Å²) in [6.07, 6.45) is 3.78. The Morgan fingerprint density at radius 2 is 1.89 bits per heavy atom. The molecule has 146 valence electrons. The van der Waals surface area contributed by atoms with Crippen LogP contribution >= 0.6 is 0 Å². The molecule has 0 saturated carbocycles. The van der Waals surface area contributed by atoms with Crippen molar-refractivity contribution in [2.75, 3.05) is 18.5 Å². The number of aromatic nitrogens is 1. The zero-order valence-electron chi connectivity index (χ0n) is 16.6. The zero-order chi connectivity index (χ0) is 19.9. The van der Waals surface area contributed by atoms with Gasteiger partial charge in [0.2, 0.25) is 0 Å². The van der Waals surface area contributed by atoms with Gasteiger partial charge in [-0.3, -0.25) is 9.78 Å². The number of nitrogens with one attached hydrogen (secondary N) is 1. The lowest BCUT2D eigenvalue weighted by Crippen LogP contribution is -2.20. The van der Waals surface area contributed by atoms with Crippen molar-refractivity contribution < 1.29 is 14.3 Å². The molecule has 5 heteroatoms. The van der Waals surface area contributed by atoms with Gasteiger partial charge in [-0.1, -0.05) is 25.5 Å². The second-order valence-electron chi connectivity index (χ2n) is 6.75. The summed E-state index contributed by atoms with van der Waals surface area (Å²) in [6, 6.07) is 13.3. The highest BCUT2D eigenvalue weighted by molar-refractivity contribution is 6.03. The van der Waals surface area contributed by atoms with Gasteiger partial charge in [-0.15, -0.1) is 0 Å². The van der Waals surface area contributed by atoms with Crippen LogP contribution < -0.4 is 14.8 Å². The number of fused-ring (bicyclic) bond motifs is 1. The number of rotatable bonds is 8. The number of carbonyl (C=O) groups excluding carboxylic acids is 1. The van der Waals surface area contributed by atoms with Crippen LogP contribution in [0.15, 0.2) is 48.7 Å². The predicted molar refractivity (Wildman–Crippen MR) is 112 cm³/mol. The Morgan fingerprint density at radius 1 is 1.04 bits per heavy atom. The Hall–Kier alpha value is -3.08. The Morgan fingerprint density at radius 3 is 2.71 bits per heavy atom. The Bertz CT molecular complexity index is 969. The summed E-state index contributed by atoms with van der Waals surface area (Å²) in [5.41, 5.74) is 3.61. The minimum Gasteiger partial charge on any atom is -0.491 e. The van der Waals surface area contributed by atoms with E-state index in [1.807, 2.05) is 56.3 Å². The molecular formula is C23H26N2O3. The normalized spacial score (nSPS) is 10.7. The van der Waals surface area contributed by atoms with Crippen molar-refractivity contribution in [1.82, 2.24) is 4.98 Å². The molecular weight excluding hydrogens is 352 g/mol. The van der Waals surface area contributed by atoms with Crippen molar-refractivity contribution in [1.29, 1.82) is 0 Å². The van der Waals surface area contributed by atoms with E-state index in [2.05, 4.69) is 17.2 Å². The van der Waals surface area contributed by atoms with Crippen molar-refractivity contribution in [3.8, 4) is 11.5 Å². The molecule has 0 unspecified atom stereocenters. The Labute approximate surface area is 165 Å². The lowest BCUT2D eigenvalue weighted by Gasteiger charge is -2.14. The topological polar surface area (TPSA) is 60.5 Å². The van der Waals surface area contributed by atoms with Gasteiger partial charge in [0, 0.05) is 11.6 Å². The largest absolute Gasteiger partial charge is 0.491 e. The third-order valence-corrected chi connectivity index (χ3v) is 4.68. The average Bonchev–Trinajstić information content (AvgIpc) is 2.71. The quantitative estimate of drug-likeness (QED) is 0.557. The number of nitrogens with zero attached hydrogens (tertiary/aromatic N) is 1. The summed E-state index contributed by atoms with van der Waals surface area (Å²) in [5, 5.41) is 3.77. The average molecular weight is 378 g/mol. The minimum atomic E-state index is -0.217. The number of hydrogen-bond acceptors (Lipinski definition) is 4. The van der Waals surface area contributed by atoms with E-state index in [9.17, 15) is 4.79 Å². The number of anilines is 1. The third kappa shape index (κ3) is 4.60. The summed E-state index contributed by atoms with van der Waals surface area (Å²) >= 11 is 0. The Balaban J connectivity index is 1.72. The number of carbonyl (C=O) groups is 1. The van der Waals surface area contributed by atoms with E-state index >= 15 is 0 Å². The van der Waals surface area contributed by atoms with Gasteiger partial charge in [-0.05, 0) is 61.7 Å². The summed E-state index contributed by atoms with van der Waals surface area (Å²) in [5.74, 6) is 1.24. The van der Waals surface area contributed by atoms with E-state index in [0.717, 1.165) is 46.4 Å². The molecule has 0 bridgehead atoms. The number of unbranched alkanes of at least 4 members (excludes halogenated alkanes) is 1. The van der Waals surface area contributed by atoms with Crippen LogP contribution in [0, 0.1) is 13.8 Å². The fraction of sp³-hybridized carbons (Fsp3) is 0.304. The highest BCUT2D eigenvalue weighted by Crippen LogP contribution is 2.30. The van der Waals surface area contributed by atoms with Crippen molar-refractivity contribution >= 4 is 22.5 Å². The van der Waals surface area contributed by atoms with Gasteiger partial charge >= 0.3 is 0 Å². The molecule has 5 nitrogen and oxygen atoms in total. The second-order valence-corrected chi connectivity index (χ2v) is 6.75. The van der Waals surface area contributed by atoms with Gasteiger partial charge in [0.25, 0.3) is 5.91 Å². The van der Waals surface area contributed by atoms with Crippen LogP contribution in [0.4, 0.5) is 5.69 Å². The number of amides is 1. The first-order valence-corrected chi connectivity index (χ1v) is 9.59. The standard InChI is InChI=1S/C23H26N2O3/c1-4-5-14-27-21-12-11-19(18-9-7-13-24-23(18)21)25-22(26)15-28-20-10-6-8-16(2)17(20)3/h6-13H,4-5,14-15H2,1-3H3,(H,25,26). The van der Waals surface area contributed by atoms with Gasteiger partial charge < -0.3 is 14.8 Å². The molecule has 0 fully saturated rings. The molecule has 28 heavy (non-hydrogen) atoms. The van der Waals surface area contributed by atoms with Gasteiger partial charge in [-0.25, -0.2) is 0 Å². The first-order chi connectivity index (χ1) is 13.6. The van der Waals surface area contributed by atoms with Gasteiger partial charge in [0.05, 0.1) is 12.3 Å². The van der Waals surface area contributed by atoms with Crippen LogP contribution in [0.3, 0.4) is 0 Å². The molecule has 0 saturated heterocycles. The van der Waals surface area contributed by atoms with E-state index in [1.165, 1.54) is 0 Å². The van der Waals surface area contributed by atoms with Crippen molar-refractivity contribution in [3.05, 3.63) is 59.8 Å². The van der Waals surface area contributed by atoms with E-state index in [1.54, 1.807) is 6.20 Å². The van der Waals surface area contributed by atoms with Gasteiger partial charge in [-0.2, -0.15) is 0 Å². The molecule has 0 spiro atoms. The fourth-order valence-electron chi connectivity index (χ4n) is 2.91. The SMILES string of the molecule is CCCCOc1ccc(NC(=O)COc2cccc(C)c2C)c2cccnc12. The summed E-state index contributed by atoms with van der Waals surface area (Å²) < 4.78 is 11.5. The number of benzene rings is 2. The number of hydrogen-bond donors (Lipinski definition) is 1. The van der Waals surface area contributed by atoms with E-state index in [4.69, 9.17) is 9.47 Å². The van der Waals surface area contributed by atoms with Gasteiger partial charge in [0.1, 0.15) is 17.0 Å². The first kappa shape index (κ1) is 19.7. The Kier molecular flexibility index (Phi) is 6.48. The van der Waals surface area contributed by atoms with E-state index in [0.29, 0.717) is 12.3 Å². The highest BCUT2D eigenvalue weighted by atomic mass is 16.5. The highest BCUT2D eigenvalue weighted by Gasteiger charge is 2.12. The van der Waals surface area contributed by atoms with Crippen LogP contribution in [-0.4, -0.2) is 24.1 Å². The first-order valence-electron chi connectivity index (χ1n) is 9.59. The molecule has 3 rings (SSSR count). The number of pyridine rings is 1. The van der Waals surface area contributed by atoms with E-state index < -0.39 is 0 Å². The molecule has 0 aliphatic rings. The number of aryl methyl sites for hydroxylation is 1. The lowest BCUT2D eigenvalue weighted by molar-refractivity contribution is -0.118. The molecule has 0 aliphatic heterocycles. The molecule has 0 radical (unpaired) electrons. The lowest BCUT2D eigenvalue weighted by atomic mass is 10.1. The smallest absolute Gasteiger partial charge is 0.262 e. The maximum absolute atomic E-state index is 12.4. The van der Waals surface area contributed by atoms with E-state index in [-0.39, 0.29) is 12.5 Å². The van der Waals surface area contributed by atoms with Crippen molar-refractivity contribution in [3.63, 3.8) is 0 Å². The third-order valence-electron chi connectivity index (χ3n) is 4.68. The predicted octanol–water partition coefficient (Wildman–Crippen LogP) is 5.05. The molecule has 1 N–H and O–H groups in total. The van der Waals surface area contributed by atoms with Crippen LogP contribution in [0.1, 0.15) is 30.9 Å². The van der Waals surface area contributed by atoms with Crippen molar-refractivity contribution in [2.45, 2.75) is 33.6 Å². The summed E-state index contributed by atoms with van der Waals surface area (Å²) in [4.78, 5) is 16.9. The molecule has 3 aromatic rings. The molecule has 1 amide bonds. The van der Waals surface area contributed by atoms with Crippen LogP contribution in [0.25, 0.3) is 10.9 Å². The van der Waals surface area contributed by atoms with Crippen LogP contribution in [-0.2, 0) is 4.79 Å². The van der Waals surface area contributed by atoms with Crippen molar-refractivity contribution in [2.24, 2.45) is 0 Å². The molecule has 0 atom stereocenters. The second kappa shape index (κ2) is 9.22. The fourth-order valence-corrected chi connectivity index (χ4v) is 2.91. The molecule has 0 aliphatic carbocycles. The van der Waals surface area contributed by atoms with Crippen LogP contribution in [0.2, 0.25) is 0 Å². The maximum atomic E-state index is 12.4. The molecule has 1 aromatic heterocycles. The molecule has 1 heterocycles. The summed E-state index contributed by atoms with van der Waals surface area (Å²) in [7, 11) is 0. The van der Waals surface area contributed by atoms with Crippen LogP contribution in [0.5, 0.6) is 11.5 Å². The van der Waals surface area contributed by atoms with Gasteiger partial charge in [0.15, 0.2) is 6.61 Å². The zero-order valence-corrected chi connectivity index (χ0v) is 16.6. The number of ether oxygens (including phenoxy) is 2.